The molecule has 0 aliphatic carbocycles. The molecule has 2 amide bonds. The number of sulfonamides is 1. The molecule has 41 heavy (non-hydrogen) atoms. The molecule has 0 spiro atoms. The third-order valence-corrected chi connectivity index (χ3v) is 8.30. The first-order valence-corrected chi connectivity index (χ1v) is 15.6. The molecule has 0 aliphatic rings. The number of nitrogens with one attached hydrogen (secondary N) is 1. The maximum atomic E-state index is 14.1. The van der Waals surface area contributed by atoms with Crippen molar-refractivity contribution in [2.24, 2.45) is 0 Å². The summed E-state index contributed by atoms with van der Waals surface area (Å²) in [5.74, 6) is -1.19. The van der Waals surface area contributed by atoms with E-state index in [0.717, 1.165) is 16.1 Å². The molecule has 0 aromatic heterocycles. The number of carbonyl (C=O) groups excluding carboxylic acids is 3. The molecular formula is C31H36ClN3O5S. The number of nitrogens with zero attached hydrogens (tertiary/aromatic N) is 2. The Morgan fingerprint density at radius 2 is 1.61 bits per heavy atom. The quantitative estimate of drug-likeness (QED) is 0.283. The van der Waals surface area contributed by atoms with Gasteiger partial charge in [0, 0.05) is 29.6 Å². The van der Waals surface area contributed by atoms with Crippen molar-refractivity contribution in [2.45, 2.75) is 52.2 Å². The molecule has 10 heteroatoms. The average Bonchev–Trinajstić information content (AvgIpc) is 2.94. The van der Waals surface area contributed by atoms with Gasteiger partial charge in [-0.05, 0) is 49.6 Å². The molecule has 0 fully saturated rings. The van der Waals surface area contributed by atoms with E-state index in [1.54, 1.807) is 36.4 Å². The summed E-state index contributed by atoms with van der Waals surface area (Å²) in [7, 11) is -3.95. The monoisotopic (exact) mass is 597 g/mol. The van der Waals surface area contributed by atoms with Gasteiger partial charge in [0.15, 0.2) is 5.78 Å². The van der Waals surface area contributed by atoms with Gasteiger partial charge in [0.25, 0.3) is 0 Å². The standard InChI is InChI=1S/C31H36ClN3O5S/c1-5-22(2)33-31(38)29(18-24-12-7-6-8-13-24)34(20-26-14-9-10-17-28(26)32)30(37)21-35(41(4,39)40)27-16-11-15-25(19-27)23(3)36/h6-17,19,22,29H,5,18,20-21H2,1-4H3,(H,33,38)/t22-,29+/m0/s1. The summed E-state index contributed by atoms with van der Waals surface area (Å²) in [5.41, 5.74) is 1.94. The number of hydrogen-bond donors (Lipinski definition) is 1. The fourth-order valence-corrected chi connectivity index (χ4v) is 5.34. The molecule has 0 bridgehead atoms. The normalized spacial score (nSPS) is 12.7. The van der Waals surface area contributed by atoms with Crippen molar-refractivity contribution in [3.63, 3.8) is 0 Å². The summed E-state index contributed by atoms with van der Waals surface area (Å²) >= 11 is 6.47. The highest BCUT2D eigenvalue weighted by molar-refractivity contribution is 7.92. The molecule has 0 unspecified atom stereocenters. The van der Waals surface area contributed by atoms with Crippen LogP contribution in [-0.4, -0.2) is 55.8 Å². The molecule has 0 heterocycles. The summed E-state index contributed by atoms with van der Waals surface area (Å²) < 4.78 is 26.8. The molecule has 1 N–H and O–H groups in total. The van der Waals surface area contributed by atoms with Crippen LogP contribution in [0.2, 0.25) is 5.02 Å². The minimum Gasteiger partial charge on any atom is -0.352 e. The number of rotatable bonds is 13. The van der Waals surface area contributed by atoms with Crippen molar-refractivity contribution in [2.75, 3.05) is 17.1 Å². The largest absolute Gasteiger partial charge is 0.352 e. The predicted octanol–water partition coefficient (Wildman–Crippen LogP) is 4.86. The van der Waals surface area contributed by atoms with Gasteiger partial charge in [-0.3, -0.25) is 18.7 Å². The SMILES string of the molecule is CC[C@H](C)NC(=O)[C@@H](Cc1ccccc1)N(Cc1ccccc1Cl)C(=O)CN(c1cccc(C(C)=O)c1)S(C)(=O)=O. The Balaban J connectivity index is 2.09. The maximum absolute atomic E-state index is 14.1. The summed E-state index contributed by atoms with van der Waals surface area (Å²) in [5, 5.41) is 3.40. The second-order valence-electron chi connectivity index (χ2n) is 10.0. The van der Waals surface area contributed by atoms with E-state index in [-0.39, 0.29) is 36.4 Å². The van der Waals surface area contributed by atoms with Crippen LogP contribution in [0.1, 0.15) is 48.7 Å². The smallest absolute Gasteiger partial charge is 0.244 e. The topological polar surface area (TPSA) is 104 Å². The van der Waals surface area contributed by atoms with Crippen molar-refractivity contribution in [3.05, 3.63) is 101 Å². The molecular weight excluding hydrogens is 562 g/mol. The Labute approximate surface area is 247 Å². The lowest BCUT2D eigenvalue weighted by Gasteiger charge is -2.34. The van der Waals surface area contributed by atoms with Crippen LogP contribution in [-0.2, 0) is 32.6 Å². The van der Waals surface area contributed by atoms with Gasteiger partial charge < -0.3 is 10.2 Å². The first-order chi connectivity index (χ1) is 19.4. The van der Waals surface area contributed by atoms with Gasteiger partial charge in [0.05, 0.1) is 11.9 Å². The molecule has 3 aromatic carbocycles. The molecule has 0 radical (unpaired) electrons. The van der Waals surface area contributed by atoms with E-state index < -0.39 is 28.5 Å². The lowest BCUT2D eigenvalue weighted by atomic mass is 10.0. The first kappa shape index (κ1) is 31.8. The van der Waals surface area contributed by atoms with E-state index in [9.17, 15) is 22.8 Å². The van der Waals surface area contributed by atoms with Crippen molar-refractivity contribution in [3.8, 4) is 0 Å². The molecule has 2 atom stereocenters. The van der Waals surface area contributed by atoms with Crippen molar-refractivity contribution >= 4 is 44.9 Å². The minimum atomic E-state index is -3.95. The molecule has 3 rings (SSSR count). The zero-order valence-corrected chi connectivity index (χ0v) is 25.3. The van der Waals surface area contributed by atoms with Gasteiger partial charge >= 0.3 is 0 Å². The molecule has 0 aliphatic heterocycles. The van der Waals surface area contributed by atoms with Gasteiger partial charge in [-0.15, -0.1) is 0 Å². The zero-order chi connectivity index (χ0) is 30.2. The van der Waals surface area contributed by atoms with E-state index in [0.29, 0.717) is 22.6 Å². The number of ketones is 1. The van der Waals surface area contributed by atoms with Crippen LogP contribution in [0.5, 0.6) is 0 Å². The van der Waals surface area contributed by atoms with E-state index in [4.69, 9.17) is 11.6 Å². The van der Waals surface area contributed by atoms with Crippen LogP contribution < -0.4 is 9.62 Å². The van der Waals surface area contributed by atoms with Crippen molar-refractivity contribution < 1.29 is 22.8 Å². The van der Waals surface area contributed by atoms with E-state index >= 15 is 0 Å². The van der Waals surface area contributed by atoms with E-state index in [1.807, 2.05) is 44.2 Å². The second-order valence-corrected chi connectivity index (χ2v) is 12.3. The summed E-state index contributed by atoms with van der Waals surface area (Å²) in [4.78, 5) is 41.2. The predicted molar refractivity (Wildman–Crippen MR) is 162 cm³/mol. The Hall–Kier alpha value is -3.69. The lowest BCUT2D eigenvalue weighted by Crippen LogP contribution is -2.54. The molecule has 8 nitrogen and oxygen atoms in total. The number of benzene rings is 3. The van der Waals surface area contributed by atoms with E-state index in [1.165, 1.54) is 24.0 Å². The minimum absolute atomic E-state index is 0.0188. The van der Waals surface area contributed by atoms with Gasteiger partial charge in [0.1, 0.15) is 12.6 Å². The average molecular weight is 598 g/mol. The third kappa shape index (κ3) is 8.90. The highest BCUT2D eigenvalue weighted by Gasteiger charge is 2.33. The Morgan fingerprint density at radius 1 is 0.951 bits per heavy atom. The Morgan fingerprint density at radius 3 is 2.22 bits per heavy atom. The molecule has 0 saturated heterocycles. The summed E-state index contributed by atoms with van der Waals surface area (Å²) in [6.07, 6.45) is 1.89. The Bertz CT molecular complexity index is 1480. The zero-order valence-electron chi connectivity index (χ0n) is 23.7. The number of halogens is 1. The summed E-state index contributed by atoms with van der Waals surface area (Å²) in [6, 6.07) is 21.3. The molecule has 0 saturated carbocycles. The van der Waals surface area contributed by atoms with Crippen LogP contribution in [0.3, 0.4) is 0 Å². The number of Topliss-reactive ketones (excluding diaryl/α,β-unsaturated/α-hetero) is 1. The Kier molecular flexibility index (Phi) is 11.1. The van der Waals surface area contributed by atoms with Crippen LogP contribution in [0.15, 0.2) is 78.9 Å². The molecule has 3 aromatic rings. The fraction of sp³-hybridized carbons (Fsp3) is 0.323. The summed E-state index contributed by atoms with van der Waals surface area (Å²) in [6.45, 7) is 4.61. The third-order valence-electron chi connectivity index (χ3n) is 6.79. The van der Waals surface area contributed by atoms with Gasteiger partial charge in [0.2, 0.25) is 21.8 Å². The first-order valence-electron chi connectivity index (χ1n) is 13.4. The number of hydrogen-bond acceptors (Lipinski definition) is 5. The molecule has 218 valence electrons. The highest BCUT2D eigenvalue weighted by atomic mass is 35.5. The van der Waals surface area contributed by atoms with Gasteiger partial charge in [-0.2, -0.15) is 0 Å². The van der Waals surface area contributed by atoms with Crippen LogP contribution in [0, 0.1) is 0 Å². The van der Waals surface area contributed by atoms with Crippen LogP contribution in [0.4, 0.5) is 5.69 Å². The van der Waals surface area contributed by atoms with Gasteiger partial charge in [-0.1, -0.05) is 79.2 Å². The van der Waals surface area contributed by atoms with Crippen molar-refractivity contribution in [1.82, 2.24) is 10.2 Å². The number of carbonyl (C=O) groups is 3. The number of anilines is 1. The van der Waals surface area contributed by atoms with Crippen LogP contribution in [0.25, 0.3) is 0 Å². The van der Waals surface area contributed by atoms with Gasteiger partial charge in [-0.25, -0.2) is 8.42 Å². The maximum Gasteiger partial charge on any atom is 0.244 e. The lowest BCUT2D eigenvalue weighted by molar-refractivity contribution is -0.140. The number of amides is 2. The van der Waals surface area contributed by atoms with E-state index in [2.05, 4.69) is 5.32 Å². The second kappa shape index (κ2) is 14.3. The van der Waals surface area contributed by atoms with Crippen molar-refractivity contribution in [1.29, 1.82) is 0 Å². The van der Waals surface area contributed by atoms with Crippen LogP contribution >= 0.6 is 11.6 Å². The fourth-order valence-electron chi connectivity index (χ4n) is 4.30. The highest BCUT2D eigenvalue weighted by Crippen LogP contribution is 2.24.